The molecule has 0 amide bonds. The van der Waals surface area contributed by atoms with Crippen LogP contribution in [0.2, 0.25) is 0 Å². The molecule has 0 fully saturated rings. The molecule has 0 aliphatic carbocycles. The number of aryl methyl sites for hydroxylation is 1. The summed E-state index contributed by atoms with van der Waals surface area (Å²) in [4.78, 5) is 31.4. The van der Waals surface area contributed by atoms with Crippen LogP contribution in [-0.2, 0) is 19.5 Å². The lowest BCUT2D eigenvalue weighted by molar-refractivity contribution is 0.615. The molecule has 0 saturated heterocycles. The van der Waals surface area contributed by atoms with Crippen LogP contribution in [-0.4, -0.2) is 18.7 Å². The summed E-state index contributed by atoms with van der Waals surface area (Å²) in [5.74, 6) is -0.324. The zero-order chi connectivity index (χ0) is 22.8. The second-order valence-corrected chi connectivity index (χ2v) is 7.82. The van der Waals surface area contributed by atoms with Gasteiger partial charge in [0.15, 0.2) is 11.2 Å². The summed E-state index contributed by atoms with van der Waals surface area (Å²) in [5.41, 5.74) is 2.30. The van der Waals surface area contributed by atoms with E-state index in [1.807, 2.05) is 60.7 Å². The van der Waals surface area contributed by atoms with Crippen molar-refractivity contribution >= 4 is 11.2 Å². The Morgan fingerprint density at radius 3 is 2.15 bits per heavy atom. The van der Waals surface area contributed by atoms with Gasteiger partial charge in [0.1, 0.15) is 5.82 Å². The number of hydrogen-bond donors (Lipinski definition) is 0. The Morgan fingerprint density at radius 2 is 1.45 bits per heavy atom. The van der Waals surface area contributed by atoms with Gasteiger partial charge in [-0.3, -0.25) is 9.36 Å². The van der Waals surface area contributed by atoms with Crippen molar-refractivity contribution < 1.29 is 4.39 Å². The van der Waals surface area contributed by atoms with E-state index in [0.29, 0.717) is 29.8 Å². The first-order chi connectivity index (χ1) is 16.1. The normalized spacial score (nSPS) is 11.2. The number of aromatic nitrogens is 4. The van der Waals surface area contributed by atoms with Crippen molar-refractivity contribution in [2.24, 2.45) is 0 Å². The molecular formula is C26H21FN4O2. The van der Waals surface area contributed by atoms with E-state index in [-0.39, 0.29) is 12.4 Å². The molecule has 6 nitrogen and oxygen atoms in total. The van der Waals surface area contributed by atoms with Crippen LogP contribution in [0.25, 0.3) is 16.9 Å². The number of halogens is 1. The van der Waals surface area contributed by atoms with Crippen molar-refractivity contribution in [3.8, 4) is 5.69 Å². The summed E-state index contributed by atoms with van der Waals surface area (Å²) >= 11 is 0. The monoisotopic (exact) mass is 440 g/mol. The number of para-hydroxylation sites is 1. The molecule has 0 bridgehead atoms. The standard InChI is InChI=1S/C26H21FN4O2/c27-21-13-11-20(12-14-21)17-29-18-28-24-23(29)25(32)30(16-15-19-7-3-1-4-8-19)26(33)31(24)22-9-5-2-6-10-22/h1-14,18H,15-17H2. The highest BCUT2D eigenvalue weighted by Crippen LogP contribution is 2.15. The van der Waals surface area contributed by atoms with Crippen LogP contribution in [0.1, 0.15) is 11.1 Å². The first kappa shape index (κ1) is 20.6. The molecule has 0 aliphatic heterocycles. The molecule has 0 radical (unpaired) electrons. The van der Waals surface area contributed by atoms with Gasteiger partial charge < -0.3 is 4.57 Å². The highest BCUT2D eigenvalue weighted by Gasteiger charge is 2.19. The molecule has 0 saturated carbocycles. The Hall–Kier alpha value is -4.26. The van der Waals surface area contributed by atoms with Crippen molar-refractivity contribution in [2.45, 2.75) is 19.5 Å². The lowest BCUT2D eigenvalue weighted by Crippen LogP contribution is -2.40. The molecule has 0 atom stereocenters. The molecule has 0 aliphatic rings. The third-order valence-electron chi connectivity index (χ3n) is 5.65. The Morgan fingerprint density at radius 1 is 0.788 bits per heavy atom. The molecular weight excluding hydrogens is 419 g/mol. The van der Waals surface area contributed by atoms with E-state index in [9.17, 15) is 14.0 Å². The lowest BCUT2D eigenvalue weighted by atomic mass is 10.1. The molecule has 0 unspecified atom stereocenters. The van der Waals surface area contributed by atoms with E-state index in [4.69, 9.17) is 0 Å². The van der Waals surface area contributed by atoms with Crippen LogP contribution in [0.3, 0.4) is 0 Å². The smallest absolute Gasteiger partial charge is 0.320 e. The van der Waals surface area contributed by atoms with Crippen LogP contribution < -0.4 is 11.2 Å². The molecule has 0 spiro atoms. The predicted octanol–water partition coefficient (Wildman–Crippen LogP) is 3.78. The zero-order valence-electron chi connectivity index (χ0n) is 17.8. The van der Waals surface area contributed by atoms with E-state index in [1.165, 1.54) is 21.3 Å². The summed E-state index contributed by atoms with van der Waals surface area (Å²) in [6, 6.07) is 25.0. The third-order valence-corrected chi connectivity index (χ3v) is 5.65. The van der Waals surface area contributed by atoms with Gasteiger partial charge in [-0.15, -0.1) is 0 Å². The highest BCUT2D eigenvalue weighted by atomic mass is 19.1. The Balaban J connectivity index is 1.67. The summed E-state index contributed by atoms with van der Waals surface area (Å²) in [6.07, 6.45) is 2.10. The van der Waals surface area contributed by atoms with Gasteiger partial charge in [0, 0.05) is 13.1 Å². The van der Waals surface area contributed by atoms with E-state index in [1.54, 1.807) is 23.0 Å². The number of fused-ring (bicyclic) bond motifs is 1. The molecule has 33 heavy (non-hydrogen) atoms. The molecule has 5 aromatic rings. The van der Waals surface area contributed by atoms with Gasteiger partial charge in [-0.1, -0.05) is 60.7 Å². The predicted molar refractivity (Wildman–Crippen MR) is 125 cm³/mol. The third kappa shape index (κ3) is 4.01. The van der Waals surface area contributed by atoms with Crippen molar-refractivity contribution in [2.75, 3.05) is 0 Å². The van der Waals surface area contributed by atoms with Gasteiger partial charge >= 0.3 is 5.69 Å². The second kappa shape index (κ2) is 8.70. The van der Waals surface area contributed by atoms with E-state index < -0.39 is 11.2 Å². The SMILES string of the molecule is O=c1c2c(ncn2Cc2ccc(F)cc2)n(-c2ccccc2)c(=O)n1CCc1ccccc1. The van der Waals surface area contributed by atoms with Crippen molar-refractivity contribution in [1.29, 1.82) is 0 Å². The lowest BCUT2D eigenvalue weighted by Gasteiger charge is -2.13. The molecule has 7 heteroatoms. The topological polar surface area (TPSA) is 61.8 Å². The zero-order valence-corrected chi connectivity index (χ0v) is 17.8. The molecule has 3 aromatic carbocycles. The second-order valence-electron chi connectivity index (χ2n) is 7.82. The Kier molecular flexibility index (Phi) is 5.44. The summed E-state index contributed by atoms with van der Waals surface area (Å²) < 4.78 is 17.8. The van der Waals surface area contributed by atoms with Crippen molar-refractivity contribution in [1.82, 2.24) is 18.7 Å². The van der Waals surface area contributed by atoms with E-state index >= 15 is 0 Å². The maximum absolute atomic E-state index is 13.5. The maximum Gasteiger partial charge on any atom is 0.337 e. The highest BCUT2D eigenvalue weighted by molar-refractivity contribution is 5.72. The van der Waals surface area contributed by atoms with Gasteiger partial charge in [-0.05, 0) is 41.8 Å². The molecule has 164 valence electrons. The number of imidazole rings is 1. The van der Waals surface area contributed by atoms with E-state index in [0.717, 1.165) is 11.1 Å². The quantitative estimate of drug-likeness (QED) is 0.404. The van der Waals surface area contributed by atoms with Crippen LogP contribution in [0, 0.1) is 5.82 Å². The first-order valence-electron chi connectivity index (χ1n) is 10.7. The van der Waals surface area contributed by atoms with Crippen LogP contribution >= 0.6 is 0 Å². The largest absolute Gasteiger partial charge is 0.337 e. The first-order valence-corrected chi connectivity index (χ1v) is 10.7. The fraction of sp³-hybridized carbons (Fsp3) is 0.115. The number of rotatable bonds is 6. The average Bonchev–Trinajstić information content (AvgIpc) is 3.25. The minimum absolute atomic E-state index is 0.242. The number of hydrogen-bond acceptors (Lipinski definition) is 3. The van der Waals surface area contributed by atoms with Gasteiger partial charge in [0.2, 0.25) is 0 Å². The number of nitrogens with zero attached hydrogens (tertiary/aromatic N) is 4. The van der Waals surface area contributed by atoms with Gasteiger partial charge in [-0.25, -0.2) is 18.7 Å². The molecule has 0 N–H and O–H groups in total. The van der Waals surface area contributed by atoms with Crippen molar-refractivity contribution in [3.63, 3.8) is 0 Å². The fourth-order valence-electron chi connectivity index (χ4n) is 3.98. The minimum Gasteiger partial charge on any atom is -0.320 e. The van der Waals surface area contributed by atoms with Gasteiger partial charge in [-0.2, -0.15) is 0 Å². The molecule has 2 aromatic heterocycles. The Labute approximate surface area is 188 Å². The van der Waals surface area contributed by atoms with E-state index in [2.05, 4.69) is 4.98 Å². The van der Waals surface area contributed by atoms with Crippen LogP contribution in [0.15, 0.2) is 101 Å². The van der Waals surface area contributed by atoms with Gasteiger partial charge in [0.05, 0.1) is 12.0 Å². The van der Waals surface area contributed by atoms with Crippen molar-refractivity contribution in [3.05, 3.63) is 129 Å². The number of benzene rings is 3. The maximum atomic E-state index is 13.5. The van der Waals surface area contributed by atoms with Crippen LogP contribution in [0.4, 0.5) is 4.39 Å². The minimum atomic E-state index is -0.429. The molecule has 2 heterocycles. The molecule has 5 rings (SSSR count). The summed E-state index contributed by atoms with van der Waals surface area (Å²) in [6.45, 7) is 0.573. The van der Waals surface area contributed by atoms with Crippen LogP contribution in [0.5, 0.6) is 0 Å². The summed E-state index contributed by atoms with van der Waals surface area (Å²) in [7, 11) is 0. The average molecular weight is 440 g/mol. The Bertz CT molecular complexity index is 1520. The fourth-order valence-corrected chi connectivity index (χ4v) is 3.98. The summed E-state index contributed by atoms with van der Waals surface area (Å²) in [5, 5.41) is 0. The van der Waals surface area contributed by atoms with Gasteiger partial charge in [0.25, 0.3) is 5.56 Å².